The molecule has 4 aromatic rings. The van der Waals surface area contributed by atoms with E-state index in [2.05, 4.69) is 20.5 Å². The molecular weight excluding hydrogens is 422 g/mol. The van der Waals surface area contributed by atoms with Crippen molar-refractivity contribution in [2.45, 2.75) is 19.0 Å². The number of amides is 1. The van der Waals surface area contributed by atoms with Gasteiger partial charge in [0, 0.05) is 23.6 Å². The molecule has 0 unspecified atom stereocenters. The lowest BCUT2D eigenvalue weighted by atomic mass is 10.2. The third kappa shape index (κ3) is 4.81. The Morgan fingerprint density at radius 2 is 1.72 bits per heavy atom. The quantitative estimate of drug-likeness (QED) is 0.416. The van der Waals surface area contributed by atoms with Crippen LogP contribution >= 0.6 is 11.8 Å². The molecule has 1 amide bonds. The van der Waals surface area contributed by atoms with Crippen LogP contribution in [0.5, 0.6) is 5.75 Å². The summed E-state index contributed by atoms with van der Waals surface area (Å²) in [4.78, 5) is 16.8. The third-order valence-electron chi connectivity index (χ3n) is 4.83. The number of aromatic nitrogens is 4. The number of aryl methyl sites for hydroxylation is 2. The number of thioether (sulfide) groups is 1. The smallest absolute Gasteiger partial charge is 0.234 e. The van der Waals surface area contributed by atoms with Gasteiger partial charge in [-0.2, -0.15) is 0 Å². The van der Waals surface area contributed by atoms with E-state index in [1.807, 2.05) is 73.0 Å². The first-order chi connectivity index (χ1) is 15.5. The lowest BCUT2D eigenvalue weighted by Gasteiger charge is -2.12. The van der Waals surface area contributed by atoms with Crippen LogP contribution < -0.4 is 10.1 Å². The molecule has 2 heterocycles. The van der Waals surface area contributed by atoms with Gasteiger partial charge in [-0.05, 0) is 55.8 Å². The second kappa shape index (κ2) is 9.65. The van der Waals surface area contributed by atoms with Gasteiger partial charge in [-0.15, -0.1) is 10.2 Å². The average Bonchev–Trinajstić information content (AvgIpc) is 3.23. The van der Waals surface area contributed by atoms with Gasteiger partial charge >= 0.3 is 0 Å². The first-order valence-corrected chi connectivity index (χ1v) is 11.0. The van der Waals surface area contributed by atoms with Crippen molar-refractivity contribution in [3.8, 4) is 22.8 Å². The van der Waals surface area contributed by atoms with Gasteiger partial charge in [0.05, 0.1) is 18.6 Å². The fourth-order valence-electron chi connectivity index (χ4n) is 3.21. The highest BCUT2D eigenvalue weighted by Crippen LogP contribution is 2.29. The molecule has 0 spiro atoms. The standard InChI is InChI=1S/C24H23N5O2S/c1-16-4-7-19(8-5-16)29-23(18-10-12-25-13-11-18)27-28-24(29)32-15-22(30)26-20-14-17(2)6-9-21(20)31-3/h4-14H,15H2,1-3H3,(H,26,30). The number of benzene rings is 2. The van der Waals surface area contributed by atoms with E-state index in [9.17, 15) is 4.79 Å². The molecule has 0 fully saturated rings. The van der Waals surface area contributed by atoms with Crippen LogP contribution in [0.1, 0.15) is 11.1 Å². The number of pyridine rings is 1. The van der Waals surface area contributed by atoms with E-state index in [0.29, 0.717) is 22.4 Å². The number of hydrogen-bond acceptors (Lipinski definition) is 6. The Balaban J connectivity index is 1.59. The molecule has 2 aromatic carbocycles. The Kier molecular flexibility index (Phi) is 6.51. The number of carbonyl (C=O) groups is 1. The minimum Gasteiger partial charge on any atom is -0.495 e. The van der Waals surface area contributed by atoms with Crippen molar-refractivity contribution in [1.82, 2.24) is 19.7 Å². The summed E-state index contributed by atoms with van der Waals surface area (Å²) in [6, 6.07) is 17.6. The van der Waals surface area contributed by atoms with E-state index < -0.39 is 0 Å². The lowest BCUT2D eigenvalue weighted by Crippen LogP contribution is -2.15. The van der Waals surface area contributed by atoms with Gasteiger partial charge < -0.3 is 10.1 Å². The first kappa shape index (κ1) is 21.6. The van der Waals surface area contributed by atoms with Gasteiger partial charge in [0.1, 0.15) is 5.75 Å². The van der Waals surface area contributed by atoms with Gasteiger partial charge in [0.25, 0.3) is 0 Å². The van der Waals surface area contributed by atoms with Gasteiger partial charge in [-0.25, -0.2) is 0 Å². The molecule has 4 rings (SSSR count). The Morgan fingerprint density at radius 3 is 2.44 bits per heavy atom. The normalized spacial score (nSPS) is 10.7. The summed E-state index contributed by atoms with van der Waals surface area (Å²) in [5, 5.41) is 12.3. The van der Waals surface area contributed by atoms with Crippen molar-refractivity contribution >= 4 is 23.4 Å². The maximum atomic E-state index is 12.7. The number of ether oxygens (including phenoxy) is 1. The molecule has 7 nitrogen and oxygen atoms in total. The number of hydrogen-bond donors (Lipinski definition) is 1. The van der Waals surface area contributed by atoms with Crippen LogP contribution in [0.3, 0.4) is 0 Å². The predicted octanol–water partition coefficient (Wildman–Crippen LogP) is 4.69. The Hall–Kier alpha value is -3.65. The zero-order valence-corrected chi connectivity index (χ0v) is 18.9. The van der Waals surface area contributed by atoms with Crippen molar-refractivity contribution in [2.75, 3.05) is 18.2 Å². The van der Waals surface area contributed by atoms with Crippen molar-refractivity contribution in [2.24, 2.45) is 0 Å². The van der Waals surface area contributed by atoms with Crippen molar-refractivity contribution < 1.29 is 9.53 Å². The zero-order chi connectivity index (χ0) is 22.5. The summed E-state index contributed by atoms with van der Waals surface area (Å²) < 4.78 is 7.31. The Labute approximate surface area is 190 Å². The summed E-state index contributed by atoms with van der Waals surface area (Å²) in [6.45, 7) is 4.01. The molecule has 0 aliphatic carbocycles. The fraction of sp³-hybridized carbons (Fsp3) is 0.167. The van der Waals surface area contributed by atoms with Gasteiger partial charge in [-0.3, -0.25) is 14.3 Å². The number of carbonyl (C=O) groups excluding carboxylic acids is 1. The molecule has 0 atom stereocenters. The highest BCUT2D eigenvalue weighted by molar-refractivity contribution is 7.99. The van der Waals surface area contributed by atoms with E-state index >= 15 is 0 Å². The number of anilines is 1. The van der Waals surface area contributed by atoms with Crippen LogP contribution in [-0.4, -0.2) is 38.5 Å². The minimum atomic E-state index is -0.150. The van der Waals surface area contributed by atoms with Crippen LogP contribution in [0.4, 0.5) is 5.69 Å². The topological polar surface area (TPSA) is 81.9 Å². The average molecular weight is 446 g/mol. The summed E-state index contributed by atoms with van der Waals surface area (Å²) >= 11 is 1.33. The van der Waals surface area contributed by atoms with Gasteiger partial charge in [-0.1, -0.05) is 35.5 Å². The van der Waals surface area contributed by atoms with E-state index in [-0.39, 0.29) is 11.7 Å². The molecule has 0 saturated heterocycles. The van der Waals surface area contributed by atoms with E-state index in [1.165, 1.54) is 11.8 Å². The second-order valence-corrected chi connectivity index (χ2v) is 8.20. The molecule has 0 aliphatic heterocycles. The SMILES string of the molecule is COc1ccc(C)cc1NC(=O)CSc1nnc(-c2ccncc2)n1-c1ccc(C)cc1. The van der Waals surface area contributed by atoms with Crippen molar-refractivity contribution in [3.63, 3.8) is 0 Å². The number of methoxy groups -OCH3 is 1. The zero-order valence-electron chi connectivity index (χ0n) is 18.1. The number of nitrogens with one attached hydrogen (secondary N) is 1. The van der Waals surface area contributed by atoms with E-state index in [4.69, 9.17) is 4.74 Å². The Morgan fingerprint density at radius 1 is 1.00 bits per heavy atom. The number of nitrogens with zero attached hydrogens (tertiary/aromatic N) is 4. The highest BCUT2D eigenvalue weighted by atomic mass is 32.2. The molecule has 162 valence electrons. The van der Waals surface area contributed by atoms with Crippen LogP contribution in [0.15, 0.2) is 72.1 Å². The molecule has 1 N–H and O–H groups in total. The highest BCUT2D eigenvalue weighted by Gasteiger charge is 2.18. The fourth-order valence-corrected chi connectivity index (χ4v) is 3.97. The monoisotopic (exact) mass is 445 g/mol. The van der Waals surface area contributed by atoms with Gasteiger partial charge in [0.15, 0.2) is 11.0 Å². The first-order valence-electron chi connectivity index (χ1n) is 10.1. The maximum Gasteiger partial charge on any atom is 0.234 e. The van der Waals surface area contributed by atoms with Crippen LogP contribution in [0.25, 0.3) is 17.1 Å². The molecule has 2 aromatic heterocycles. The van der Waals surface area contributed by atoms with Gasteiger partial charge in [0.2, 0.25) is 5.91 Å². The molecule has 32 heavy (non-hydrogen) atoms. The predicted molar refractivity (Wildman–Crippen MR) is 126 cm³/mol. The van der Waals surface area contributed by atoms with Crippen molar-refractivity contribution in [3.05, 3.63) is 78.1 Å². The summed E-state index contributed by atoms with van der Waals surface area (Å²) in [7, 11) is 1.58. The van der Waals surface area contributed by atoms with Crippen LogP contribution in [0, 0.1) is 13.8 Å². The largest absolute Gasteiger partial charge is 0.495 e. The minimum absolute atomic E-state index is 0.150. The molecule has 0 saturated carbocycles. The molecule has 0 radical (unpaired) electrons. The van der Waals surface area contributed by atoms with Crippen LogP contribution in [0.2, 0.25) is 0 Å². The lowest BCUT2D eigenvalue weighted by molar-refractivity contribution is -0.113. The Bertz CT molecular complexity index is 1220. The molecular formula is C24H23N5O2S. The second-order valence-electron chi connectivity index (χ2n) is 7.25. The molecule has 0 aliphatic rings. The summed E-state index contributed by atoms with van der Waals surface area (Å²) in [5.74, 6) is 1.34. The van der Waals surface area contributed by atoms with E-state index in [0.717, 1.165) is 22.4 Å². The summed E-state index contributed by atoms with van der Waals surface area (Å²) in [6.07, 6.45) is 3.44. The van der Waals surface area contributed by atoms with Crippen LogP contribution in [-0.2, 0) is 4.79 Å². The van der Waals surface area contributed by atoms with Crippen molar-refractivity contribution in [1.29, 1.82) is 0 Å². The molecule has 8 heteroatoms. The maximum absolute atomic E-state index is 12.7. The molecule has 0 bridgehead atoms. The third-order valence-corrected chi connectivity index (χ3v) is 5.75. The number of rotatable bonds is 7. The van der Waals surface area contributed by atoms with E-state index in [1.54, 1.807) is 19.5 Å². The summed E-state index contributed by atoms with van der Waals surface area (Å²) in [5.41, 5.74) is 4.67.